The van der Waals surface area contributed by atoms with Gasteiger partial charge in [-0.2, -0.15) is 17.0 Å². The van der Waals surface area contributed by atoms with Gasteiger partial charge in [-0.15, -0.1) is 0 Å². The van der Waals surface area contributed by atoms with Crippen molar-refractivity contribution >= 4 is 16.1 Å². The lowest BCUT2D eigenvalue weighted by Crippen LogP contribution is -2.51. The third-order valence-corrected chi connectivity index (χ3v) is 6.91. The van der Waals surface area contributed by atoms with Crippen LogP contribution in [-0.2, 0) is 21.5 Å². The first kappa shape index (κ1) is 18.3. The van der Waals surface area contributed by atoms with Gasteiger partial charge >= 0.3 is 0 Å². The number of carbonyl (C=O) groups is 1. The average molecular weight is 366 g/mol. The van der Waals surface area contributed by atoms with Gasteiger partial charge in [0.05, 0.1) is 5.92 Å². The molecule has 0 spiro atoms. The van der Waals surface area contributed by atoms with E-state index in [-0.39, 0.29) is 18.4 Å². The Kier molecular flexibility index (Phi) is 6.03. The molecule has 8 heteroatoms. The van der Waals surface area contributed by atoms with Crippen molar-refractivity contribution in [1.82, 2.24) is 18.9 Å². The van der Waals surface area contributed by atoms with Gasteiger partial charge in [-0.05, 0) is 37.3 Å². The van der Waals surface area contributed by atoms with E-state index in [0.717, 1.165) is 37.7 Å². The molecule has 1 aromatic heterocycles. The van der Waals surface area contributed by atoms with Crippen LogP contribution in [0.25, 0.3) is 0 Å². The van der Waals surface area contributed by atoms with Crippen LogP contribution in [0.2, 0.25) is 0 Å². The number of nitrogens with zero attached hydrogens (tertiary/aromatic N) is 3. The van der Waals surface area contributed by atoms with E-state index in [4.69, 9.17) is 0 Å². The molecule has 3 rings (SSSR count). The summed E-state index contributed by atoms with van der Waals surface area (Å²) in [5.41, 5.74) is 0.935. The number of rotatable bonds is 5. The summed E-state index contributed by atoms with van der Waals surface area (Å²) in [4.78, 5) is 16.5. The lowest BCUT2D eigenvalue weighted by atomic mass is 9.99. The minimum Gasteiger partial charge on any atom is -0.352 e. The van der Waals surface area contributed by atoms with Gasteiger partial charge in [-0.3, -0.25) is 9.78 Å². The van der Waals surface area contributed by atoms with E-state index in [9.17, 15) is 13.2 Å². The van der Waals surface area contributed by atoms with E-state index >= 15 is 0 Å². The Labute approximate surface area is 149 Å². The van der Waals surface area contributed by atoms with Gasteiger partial charge in [-0.1, -0.05) is 12.5 Å². The van der Waals surface area contributed by atoms with Crippen LogP contribution < -0.4 is 5.32 Å². The minimum absolute atomic E-state index is 0.0811. The molecule has 2 aliphatic heterocycles. The molecule has 1 aromatic rings. The maximum absolute atomic E-state index is 12.8. The zero-order valence-electron chi connectivity index (χ0n) is 14.4. The fourth-order valence-electron chi connectivity index (χ4n) is 3.46. The Hall–Kier alpha value is -1.51. The number of aromatic nitrogens is 1. The molecule has 1 N–H and O–H groups in total. The molecule has 2 fully saturated rings. The summed E-state index contributed by atoms with van der Waals surface area (Å²) in [6.07, 6.45) is 7.78. The van der Waals surface area contributed by atoms with Gasteiger partial charge in [0, 0.05) is 45.1 Å². The third kappa shape index (κ3) is 4.56. The van der Waals surface area contributed by atoms with Crippen molar-refractivity contribution in [3.8, 4) is 0 Å². The SMILES string of the molecule is O=C(NCc1cccnc1)C1CCCN(S(=O)(=O)N2CCCCC2)C1. The molecule has 0 radical (unpaired) electrons. The first-order valence-corrected chi connectivity index (χ1v) is 10.4. The lowest BCUT2D eigenvalue weighted by Gasteiger charge is -2.36. The van der Waals surface area contributed by atoms with Crippen LogP contribution in [0, 0.1) is 5.92 Å². The second-order valence-corrected chi connectivity index (χ2v) is 8.67. The second kappa shape index (κ2) is 8.25. The topological polar surface area (TPSA) is 82.6 Å². The number of carbonyl (C=O) groups excluding carboxylic acids is 1. The first-order chi connectivity index (χ1) is 12.1. The standard InChI is InChI=1S/C17H26N4O3S/c22-17(19-13-15-6-4-8-18-12-15)16-7-5-11-21(14-16)25(23,24)20-9-2-1-3-10-20/h4,6,8,12,16H,1-3,5,7,9-11,13-14H2,(H,19,22). The molecular formula is C17H26N4O3S. The van der Waals surface area contributed by atoms with Crippen molar-refractivity contribution in [2.24, 2.45) is 5.92 Å². The normalized spacial score (nSPS) is 23.3. The largest absolute Gasteiger partial charge is 0.352 e. The summed E-state index contributed by atoms with van der Waals surface area (Å²) in [5.74, 6) is -0.368. The summed E-state index contributed by atoms with van der Waals surface area (Å²) < 4.78 is 28.7. The fraction of sp³-hybridized carbons (Fsp3) is 0.647. The lowest BCUT2D eigenvalue weighted by molar-refractivity contribution is -0.126. The van der Waals surface area contributed by atoms with Gasteiger partial charge in [0.25, 0.3) is 10.2 Å². The number of pyridine rings is 1. The Bertz CT molecular complexity index is 674. The number of nitrogens with one attached hydrogen (secondary N) is 1. The highest BCUT2D eigenvalue weighted by Crippen LogP contribution is 2.23. The Balaban J connectivity index is 1.57. The summed E-state index contributed by atoms with van der Waals surface area (Å²) in [5, 5.41) is 2.91. The van der Waals surface area contributed by atoms with E-state index in [0.29, 0.717) is 26.2 Å². The fourth-order valence-corrected chi connectivity index (χ4v) is 5.24. The van der Waals surface area contributed by atoms with Crippen molar-refractivity contribution < 1.29 is 13.2 Å². The van der Waals surface area contributed by atoms with Gasteiger partial charge in [0.1, 0.15) is 0 Å². The Morgan fingerprint density at radius 2 is 1.92 bits per heavy atom. The molecule has 138 valence electrons. The van der Waals surface area contributed by atoms with Gasteiger partial charge in [0.15, 0.2) is 0 Å². The molecule has 2 aliphatic rings. The zero-order chi connectivity index (χ0) is 17.7. The summed E-state index contributed by atoms with van der Waals surface area (Å²) in [6.45, 7) is 2.39. The van der Waals surface area contributed by atoms with Crippen LogP contribution in [0.15, 0.2) is 24.5 Å². The van der Waals surface area contributed by atoms with Gasteiger partial charge in [0.2, 0.25) is 5.91 Å². The number of hydrogen-bond donors (Lipinski definition) is 1. The van der Waals surface area contributed by atoms with Gasteiger partial charge in [-0.25, -0.2) is 0 Å². The van der Waals surface area contributed by atoms with Crippen molar-refractivity contribution in [1.29, 1.82) is 0 Å². The van der Waals surface area contributed by atoms with E-state index in [1.54, 1.807) is 16.7 Å². The Morgan fingerprint density at radius 1 is 1.16 bits per heavy atom. The summed E-state index contributed by atoms with van der Waals surface area (Å²) >= 11 is 0. The number of amides is 1. The van der Waals surface area contributed by atoms with Crippen LogP contribution >= 0.6 is 0 Å². The van der Waals surface area contributed by atoms with E-state index < -0.39 is 10.2 Å². The minimum atomic E-state index is -3.44. The highest BCUT2D eigenvalue weighted by molar-refractivity contribution is 7.86. The van der Waals surface area contributed by atoms with Crippen LogP contribution in [0.5, 0.6) is 0 Å². The first-order valence-electron chi connectivity index (χ1n) is 8.99. The van der Waals surface area contributed by atoms with E-state index in [1.807, 2.05) is 12.1 Å². The molecular weight excluding hydrogens is 340 g/mol. The Morgan fingerprint density at radius 3 is 2.64 bits per heavy atom. The molecule has 0 bridgehead atoms. The van der Waals surface area contributed by atoms with Crippen LogP contribution in [0.4, 0.5) is 0 Å². The molecule has 1 amide bonds. The highest BCUT2D eigenvalue weighted by Gasteiger charge is 2.36. The predicted molar refractivity (Wildman–Crippen MR) is 94.7 cm³/mol. The predicted octanol–water partition coefficient (Wildman–Crippen LogP) is 1.14. The quantitative estimate of drug-likeness (QED) is 0.847. The molecule has 7 nitrogen and oxygen atoms in total. The van der Waals surface area contributed by atoms with Crippen LogP contribution in [0.1, 0.15) is 37.7 Å². The van der Waals surface area contributed by atoms with Crippen molar-refractivity contribution in [3.63, 3.8) is 0 Å². The van der Waals surface area contributed by atoms with Crippen LogP contribution in [0.3, 0.4) is 0 Å². The monoisotopic (exact) mass is 366 g/mol. The van der Waals surface area contributed by atoms with Crippen LogP contribution in [-0.4, -0.2) is 54.1 Å². The molecule has 0 aliphatic carbocycles. The molecule has 2 saturated heterocycles. The molecule has 25 heavy (non-hydrogen) atoms. The average Bonchev–Trinajstić information content (AvgIpc) is 2.67. The summed E-state index contributed by atoms with van der Waals surface area (Å²) in [6, 6.07) is 3.73. The second-order valence-electron chi connectivity index (χ2n) is 6.74. The van der Waals surface area contributed by atoms with E-state index in [1.165, 1.54) is 4.31 Å². The zero-order valence-corrected chi connectivity index (χ0v) is 15.2. The molecule has 1 unspecified atom stereocenters. The number of piperidine rings is 2. The third-order valence-electron chi connectivity index (χ3n) is 4.91. The molecule has 1 atom stereocenters. The van der Waals surface area contributed by atoms with Crippen molar-refractivity contribution in [2.45, 2.75) is 38.6 Å². The number of hydrogen-bond acceptors (Lipinski definition) is 4. The smallest absolute Gasteiger partial charge is 0.281 e. The molecule has 3 heterocycles. The van der Waals surface area contributed by atoms with Crippen molar-refractivity contribution in [2.75, 3.05) is 26.2 Å². The summed E-state index contributed by atoms with van der Waals surface area (Å²) in [7, 11) is -3.44. The van der Waals surface area contributed by atoms with E-state index in [2.05, 4.69) is 10.3 Å². The van der Waals surface area contributed by atoms with Gasteiger partial charge < -0.3 is 5.32 Å². The van der Waals surface area contributed by atoms with Crippen molar-refractivity contribution in [3.05, 3.63) is 30.1 Å². The maximum Gasteiger partial charge on any atom is 0.281 e. The highest BCUT2D eigenvalue weighted by atomic mass is 32.2. The molecule has 0 aromatic carbocycles. The maximum atomic E-state index is 12.8. The molecule has 0 saturated carbocycles.